The van der Waals surface area contributed by atoms with Gasteiger partial charge in [-0.15, -0.1) is 0 Å². The average molecular weight is 230 g/mol. The van der Waals surface area contributed by atoms with Gasteiger partial charge in [-0.05, 0) is 32.7 Å². The second-order valence-electron chi connectivity index (χ2n) is 5.56. The topological polar surface area (TPSA) is 35.5 Å². The molecule has 98 valence electrons. The van der Waals surface area contributed by atoms with Crippen LogP contribution in [0.1, 0.15) is 41.5 Å². The molecule has 3 nitrogen and oxygen atoms in total. The Labute approximate surface area is 101 Å². The van der Waals surface area contributed by atoms with E-state index in [0.717, 1.165) is 19.6 Å². The fourth-order valence-corrected chi connectivity index (χ4v) is 1.89. The van der Waals surface area contributed by atoms with Gasteiger partial charge in [-0.25, -0.2) is 0 Å². The van der Waals surface area contributed by atoms with Gasteiger partial charge < -0.3 is 10.4 Å². The van der Waals surface area contributed by atoms with Crippen LogP contribution in [-0.2, 0) is 0 Å². The van der Waals surface area contributed by atoms with Gasteiger partial charge in [-0.3, -0.25) is 4.90 Å². The number of aliphatic hydroxyl groups excluding tert-OH is 1. The van der Waals surface area contributed by atoms with Crippen molar-refractivity contribution in [3.63, 3.8) is 0 Å². The highest BCUT2D eigenvalue weighted by Crippen LogP contribution is 2.23. The summed E-state index contributed by atoms with van der Waals surface area (Å²) < 4.78 is 0. The largest absolute Gasteiger partial charge is 0.395 e. The summed E-state index contributed by atoms with van der Waals surface area (Å²) in [5.74, 6) is 0. The summed E-state index contributed by atoms with van der Waals surface area (Å²) in [6.45, 7) is 16.3. The molecule has 3 heteroatoms. The van der Waals surface area contributed by atoms with E-state index in [1.54, 1.807) is 0 Å². The van der Waals surface area contributed by atoms with Gasteiger partial charge in [0.25, 0.3) is 0 Å². The molecule has 0 heterocycles. The number of nitrogens with one attached hydrogen (secondary N) is 1. The zero-order valence-corrected chi connectivity index (χ0v) is 11.9. The van der Waals surface area contributed by atoms with Crippen LogP contribution in [0.15, 0.2) is 0 Å². The Kier molecular flexibility index (Phi) is 7.20. The highest BCUT2D eigenvalue weighted by molar-refractivity contribution is 4.84. The van der Waals surface area contributed by atoms with E-state index >= 15 is 0 Å². The van der Waals surface area contributed by atoms with Crippen molar-refractivity contribution in [2.24, 2.45) is 5.41 Å². The number of aliphatic hydroxyl groups is 1. The molecule has 0 aliphatic carbocycles. The predicted molar refractivity (Wildman–Crippen MR) is 70.7 cm³/mol. The van der Waals surface area contributed by atoms with Gasteiger partial charge in [-0.2, -0.15) is 0 Å². The molecular formula is C13H30N2O. The van der Waals surface area contributed by atoms with E-state index in [-0.39, 0.29) is 12.0 Å². The first kappa shape index (κ1) is 15.9. The second-order valence-corrected chi connectivity index (χ2v) is 5.56. The summed E-state index contributed by atoms with van der Waals surface area (Å²) in [5, 5.41) is 12.6. The Morgan fingerprint density at radius 3 is 2.19 bits per heavy atom. The maximum absolute atomic E-state index is 9.07. The standard InChI is InChI=1S/C13H30N2O/c1-7-14-12(4)13(5,6)10-15(8-9-16)11(2)3/h11-12,14,16H,7-10H2,1-6H3. The molecule has 16 heavy (non-hydrogen) atoms. The van der Waals surface area contributed by atoms with Gasteiger partial charge in [-0.1, -0.05) is 20.8 Å². The number of rotatable bonds is 8. The first-order valence-corrected chi connectivity index (χ1v) is 6.43. The van der Waals surface area contributed by atoms with E-state index in [1.165, 1.54) is 0 Å². The molecule has 0 aliphatic heterocycles. The molecule has 0 saturated carbocycles. The van der Waals surface area contributed by atoms with Gasteiger partial charge >= 0.3 is 0 Å². The van der Waals surface area contributed by atoms with Crippen LogP contribution < -0.4 is 5.32 Å². The molecule has 0 saturated heterocycles. The van der Waals surface area contributed by atoms with Crippen molar-refractivity contribution in [2.75, 3.05) is 26.2 Å². The van der Waals surface area contributed by atoms with Crippen molar-refractivity contribution in [1.29, 1.82) is 0 Å². The van der Waals surface area contributed by atoms with E-state index < -0.39 is 0 Å². The van der Waals surface area contributed by atoms with Gasteiger partial charge in [0.1, 0.15) is 0 Å². The van der Waals surface area contributed by atoms with Gasteiger partial charge in [0.15, 0.2) is 0 Å². The highest BCUT2D eigenvalue weighted by Gasteiger charge is 2.28. The van der Waals surface area contributed by atoms with E-state index in [9.17, 15) is 0 Å². The van der Waals surface area contributed by atoms with Gasteiger partial charge in [0.05, 0.1) is 6.61 Å². The summed E-state index contributed by atoms with van der Waals surface area (Å²) in [6.07, 6.45) is 0. The molecule has 0 rings (SSSR count). The molecule has 0 amide bonds. The first-order valence-electron chi connectivity index (χ1n) is 6.43. The quantitative estimate of drug-likeness (QED) is 0.666. The van der Waals surface area contributed by atoms with Crippen LogP contribution in [-0.4, -0.2) is 48.3 Å². The summed E-state index contributed by atoms with van der Waals surface area (Å²) in [6, 6.07) is 0.970. The lowest BCUT2D eigenvalue weighted by Crippen LogP contribution is -2.49. The molecular weight excluding hydrogens is 200 g/mol. The summed E-state index contributed by atoms with van der Waals surface area (Å²) >= 11 is 0. The van der Waals surface area contributed by atoms with E-state index in [4.69, 9.17) is 5.11 Å². The van der Waals surface area contributed by atoms with Crippen molar-refractivity contribution in [3.8, 4) is 0 Å². The number of hydrogen-bond acceptors (Lipinski definition) is 3. The molecule has 0 aliphatic rings. The third kappa shape index (κ3) is 5.28. The Morgan fingerprint density at radius 1 is 1.25 bits per heavy atom. The lowest BCUT2D eigenvalue weighted by molar-refractivity contribution is 0.0973. The van der Waals surface area contributed by atoms with Crippen molar-refractivity contribution in [3.05, 3.63) is 0 Å². The lowest BCUT2D eigenvalue weighted by atomic mass is 9.84. The fraction of sp³-hybridized carbons (Fsp3) is 1.00. The molecule has 0 aromatic heterocycles. The van der Waals surface area contributed by atoms with Crippen molar-refractivity contribution >= 4 is 0 Å². The van der Waals surface area contributed by atoms with E-state index in [0.29, 0.717) is 12.1 Å². The Balaban J connectivity index is 4.39. The molecule has 1 atom stereocenters. The lowest BCUT2D eigenvalue weighted by Gasteiger charge is -2.39. The zero-order valence-electron chi connectivity index (χ0n) is 11.9. The smallest absolute Gasteiger partial charge is 0.0558 e. The molecule has 0 spiro atoms. The maximum atomic E-state index is 9.07. The van der Waals surface area contributed by atoms with Crippen LogP contribution in [0.4, 0.5) is 0 Å². The first-order chi connectivity index (χ1) is 7.35. The average Bonchev–Trinajstić information content (AvgIpc) is 2.17. The second kappa shape index (κ2) is 7.25. The number of nitrogens with zero attached hydrogens (tertiary/aromatic N) is 1. The number of hydrogen-bond donors (Lipinski definition) is 2. The van der Waals surface area contributed by atoms with Crippen LogP contribution in [0.25, 0.3) is 0 Å². The predicted octanol–water partition coefficient (Wildman–Crippen LogP) is 1.71. The van der Waals surface area contributed by atoms with Crippen molar-refractivity contribution in [2.45, 2.75) is 53.6 Å². The maximum Gasteiger partial charge on any atom is 0.0558 e. The normalized spacial score (nSPS) is 14.8. The summed E-state index contributed by atoms with van der Waals surface area (Å²) in [5.41, 5.74) is 0.218. The molecule has 0 aromatic rings. The summed E-state index contributed by atoms with van der Waals surface area (Å²) in [4.78, 5) is 2.34. The van der Waals surface area contributed by atoms with E-state index in [1.807, 2.05) is 0 Å². The van der Waals surface area contributed by atoms with Crippen LogP contribution in [0.3, 0.4) is 0 Å². The zero-order chi connectivity index (χ0) is 12.8. The van der Waals surface area contributed by atoms with Gasteiger partial charge in [0.2, 0.25) is 0 Å². The van der Waals surface area contributed by atoms with Crippen molar-refractivity contribution in [1.82, 2.24) is 10.2 Å². The molecule has 1 unspecified atom stereocenters. The monoisotopic (exact) mass is 230 g/mol. The fourth-order valence-electron chi connectivity index (χ4n) is 1.89. The van der Waals surface area contributed by atoms with Crippen LogP contribution >= 0.6 is 0 Å². The molecule has 0 aromatic carbocycles. The third-order valence-corrected chi connectivity index (χ3v) is 3.41. The summed E-state index contributed by atoms with van der Waals surface area (Å²) in [7, 11) is 0. The molecule has 0 radical (unpaired) electrons. The van der Waals surface area contributed by atoms with Crippen LogP contribution in [0.2, 0.25) is 0 Å². The molecule has 0 fully saturated rings. The van der Waals surface area contributed by atoms with Gasteiger partial charge in [0, 0.05) is 25.2 Å². The van der Waals surface area contributed by atoms with E-state index in [2.05, 4.69) is 51.8 Å². The van der Waals surface area contributed by atoms with Crippen LogP contribution in [0.5, 0.6) is 0 Å². The third-order valence-electron chi connectivity index (χ3n) is 3.41. The molecule has 0 bridgehead atoms. The minimum absolute atomic E-state index is 0.218. The minimum atomic E-state index is 0.218. The molecule has 2 N–H and O–H groups in total. The Hall–Kier alpha value is -0.120. The minimum Gasteiger partial charge on any atom is -0.395 e. The SMILES string of the molecule is CCNC(C)C(C)(C)CN(CCO)C(C)C. The Bertz CT molecular complexity index is 181. The Morgan fingerprint density at radius 2 is 1.81 bits per heavy atom. The van der Waals surface area contributed by atoms with Crippen molar-refractivity contribution < 1.29 is 5.11 Å². The highest BCUT2D eigenvalue weighted by atomic mass is 16.3. The van der Waals surface area contributed by atoms with Crippen LogP contribution in [0, 0.1) is 5.41 Å².